The van der Waals surface area contributed by atoms with Gasteiger partial charge in [-0.1, -0.05) is 19.1 Å². The molecule has 1 aromatic heterocycles. The molecule has 1 aromatic carbocycles. The molecule has 0 fully saturated rings. The van der Waals surface area contributed by atoms with E-state index in [0.717, 1.165) is 23.2 Å². The van der Waals surface area contributed by atoms with Gasteiger partial charge in [0.05, 0.1) is 17.1 Å². The van der Waals surface area contributed by atoms with Crippen LogP contribution in [0.2, 0.25) is 0 Å². The van der Waals surface area contributed by atoms with Gasteiger partial charge in [0.15, 0.2) is 0 Å². The maximum Gasteiger partial charge on any atom is 0.242 e. The summed E-state index contributed by atoms with van der Waals surface area (Å²) >= 11 is 3.30. The maximum atomic E-state index is 12.4. The molecule has 0 spiro atoms. The Morgan fingerprint density at radius 2 is 2.05 bits per heavy atom. The molecule has 0 unspecified atom stereocenters. The number of halogens is 1. The van der Waals surface area contributed by atoms with Gasteiger partial charge in [0, 0.05) is 10.7 Å². The van der Waals surface area contributed by atoms with Crippen LogP contribution >= 0.6 is 15.9 Å². The number of aryl methyl sites for hydroxylation is 2. The Bertz CT molecular complexity index is 745. The van der Waals surface area contributed by atoms with Crippen molar-refractivity contribution in [2.75, 3.05) is 0 Å². The number of rotatable bonds is 5. The smallest absolute Gasteiger partial charge is 0.242 e. The van der Waals surface area contributed by atoms with E-state index >= 15 is 0 Å². The van der Waals surface area contributed by atoms with Crippen LogP contribution in [0.4, 0.5) is 0 Å². The standard InChI is InChI=1S/C15H17BrN2O2S/c1-3-12-5-4-8-17-14(12)10-18-21(19,20)15-7-6-11(2)9-13(15)16/h4-9,18H,3,10H2,1-2H3. The van der Waals surface area contributed by atoms with Crippen LogP contribution in [0.25, 0.3) is 0 Å². The summed E-state index contributed by atoms with van der Waals surface area (Å²) in [6.07, 6.45) is 2.49. The van der Waals surface area contributed by atoms with Crippen LogP contribution in [0, 0.1) is 6.92 Å². The van der Waals surface area contributed by atoms with E-state index in [1.807, 2.05) is 26.0 Å². The van der Waals surface area contributed by atoms with E-state index in [4.69, 9.17) is 0 Å². The second kappa shape index (κ2) is 6.68. The highest BCUT2D eigenvalue weighted by Gasteiger charge is 2.18. The normalized spacial score (nSPS) is 11.6. The molecule has 112 valence electrons. The van der Waals surface area contributed by atoms with Crippen LogP contribution in [-0.4, -0.2) is 13.4 Å². The summed E-state index contributed by atoms with van der Waals surface area (Å²) in [6, 6.07) is 8.97. The van der Waals surface area contributed by atoms with Crippen LogP contribution in [0.3, 0.4) is 0 Å². The molecule has 0 bridgehead atoms. The molecular formula is C15H17BrN2O2S. The lowest BCUT2D eigenvalue weighted by Crippen LogP contribution is -2.24. The minimum atomic E-state index is -3.57. The summed E-state index contributed by atoms with van der Waals surface area (Å²) in [7, 11) is -3.57. The third kappa shape index (κ3) is 3.90. The number of hydrogen-bond acceptors (Lipinski definition) is 3. The first-order valence-electron chi connectivity index (χ1n) is 6.62. The van der Waals surface area contributed by atoms with Gasteiger partial charge in [0.25, 0.3) is 0 Å². The van der Waals surface area contributed by atoms with E-state index in [0.29, 0.717) is 4.47 Å². The summed E-state index contributed by atoms with van der Waals surface area (Å²) < 4.78 is 27.9. The number of nitrogens with zero attached hydrogens (tertiary/aromatic N) is 1. The highest BCUT2D eigenvalue weighted by atomic mass is 79.9. The second-order valence-electron chi connectivity index (χ2n) is 4.72. The fraction of sp³-hybridized carbons (Fsp3) is 0.267. The Kier molecular flexibility index (Phi) is 5.13. The summed E-state index contributed by atoms with van der Waals surface area (Å²) in [5.41, 5.74) is 2.80. The van der Waals surface area contributed by atoms with Gasteiger partial charge in [-0.3, -0.25) is 4.98 Å². The molecule has 0 aliphatic heterocycles. The molecule has 0 amide bonds. The van der Waals surface area contributed by atoms with Gasteiger partial charge >= 0.3 is 0 Å². The van der Waals surface area contributed by atoms with Crippen molar-refractivity contribution < 1.29 is 8.42 Å². The molecule has 0 aliphatic carbocycles. The first-order valence-corrected chi connectivity index (χ1v) is 8.90. The van der Waals surface area contributed by atoms with Crippen LogP contribution < -0.4 is 4.72 Å². The molecule has 0 atom stereocenters. The van der Waals surface area contributed by atoms with E-state index in [-0.39, 0.29) is 11.4 Å². The van der Waals surface area contributed by atoms with Crippen molar-refractivity contribution >= 4 is 26.0 Å². The Morgan fingerprint density at radius 3 is 2.71 bits per heavy atom. The van der Waals surface area contributed by atoms with E-state index in [1.54, 1.807) is 24.4 Å². The van der Waals surface area contributed by atoms with E-state index in [2.05, 4.69) is 25.6 Å². The molecule has 0 saturated carbocycles. The molecule has 21 heavy (non-hydrogen) atoms. The minimum Gasteiger partial charge on any atom is -0.260 e. The monoisotopic (exact) mass is 368 g/mol. The highest BCUT2D eigenvalue weighted by Crippen LogP contribution is 2.23. The lowest BCUT2D eigenvalue weighted by molar-refractivity contribution is 0.579. The third-order valence-corrected chi connectivity index (χ3v) is 5.55. The van der Waals surface area contributed by atoms with Gasteiger partial charge in [0.2, 0.25) is 10.0 Å². The molecular weight excluding hydrogens is 352 g/mol. The van der Waals surface area contributed by atoms with Crippen molar-refractivity contribution in [3.05, 3.63) is 57.8 Å². The Balaban J connectivity index is 2.22. The average Bonchev–Trinajstić information content (AvgIpc) is 2.45. The zero-order chi connectivity index (χ0) is 15.5. The summed E-state index contributed by atoms with van der Waals surface area (Å²) in [4.78, 5) is 4.48. The van der Waals surface area contributed by atoms with Gasteiger partial charge in [-0.25, -0.2) is 13.1 Å². The molecule has 6 heteroatoms. The molecule has 0 radical (unpaired) electrons. The average molecular weight is 369 g/mol. The van der Waals surface area contributed by atoms with Crippen LogP contribution in [-0.2, 0) is 23.0 Å². The fourth-order valence-electron chi connectivity index (χ4n) is 2.02. The quantitative estimate of drug-likeness (QED) is 0.881. The van der Waals surface area contributed by atoms with Crippen molar-refractivity contribution in [3.8, 4) is 0 Å². The second-order valence-corrected chi connectivity index (χ2v) is 7.31. The molecule has 4 nitrogen and oxygen atoms in total. The van der Waals surface area contributed by atoms with Crippen molar-refractivity contribution in [2.45, 2.75) is 31.7 Å². The summed E-state index contributed by atoms with van der Waals surface area (Å²) in [6.45, 7) is 4.12. The Morgan fingerprint density at radius 1 is 1.29 bits per heavy atom. The van der Waals surface area contributed by atoms with Crippen LogP contribution in [0.1, 0.15) is 23.7 Å². The Labute approximate surface area is 133 Å². The zero-order valence-corrected chi connectivity index (χ0v) is 14.3. The van der Waals surface area contributed by atoms with Gasteiger partial charge in [-0.05, 0) is 58.6 Å². The fourth-order valence-corrected chi connectivity index (χ4v) is 4.19. The lowest BCUT2D eigenvalue weighted by Gasteiger charge is -2.10. The predicted octanol–water partition coefficient (Wildman–Crippen LogP) is 3.19. The number of sulfonamides is 1. The van der Waals surface area contributed by atoms with Crippen molar-refractivity contribution in [3.63, 3.8) is 0 Å². The number of aromatic nitrogens is 1. The molecule has 2 aromatic rings. The van der Waals surface area contributed by atoms with E-state index in [1.165, 1.54) is 0 Å². The van der Waals surface area contributed by atoms with Gasteiger partial charge in [-0.15, -0.1) is 0 Å². The summed E-state index contributed by atoms with van der Waals surface area (Å²) in [5.74, 6) is 0. The SMILES string of the molecule is CCc1cccnc1CNS(=O)(=O)c1ccc(C)cc1Br. The van der Waals surface area contributed by atoms with E-state index in [9.17, 15) is 8.42 Å². The summed E-state index contributed by atoms with van der Waals surface area (Å²) in [5, 5.41) is 0. The minimum absolute atomic E-state index is 0.187. The highest BCUT2D eigenvalue weighted by molar-refractivity contribution is 9.10. The maximum absolute atomic E-state index is 12.4. The van der Waals surface area contributed by atoms with Crippen molar-refractivity contribution in [2.24, 2.45) is 0 Å². The molecule has 0 saturated heterocycles. The van der Waals surface area contributed by atoms with Crippen molar-refractivity contribution in [1.82, 2.24) is 9.71 Å². The predicted molar refractivity (Wildman–Crippen MR) is 86.5 cm³/mol. The molecule has 1 heterocycles. The molecule has 0 aliphatic rings. The topological polar surface area (TPSA) is 59.1 Å². The van der Waals surface area contributed by atoms with Crippen LogP contribution in [0.15, 0.2) is 45.9 Å². The zero-order valence-electron chi connectivity index (χ0n) is 11.9. The van der Waals surface area contributed by atoms with Crippen molar-refractivity contribution in [1.29, 1.82) is 0 Å². The Hall–Kier alpha value is -1.24. The number of pyridine rings is 1. The first-order chi connectivity index (χ1) is 9.94. The van der Waals surface area contributed by atoms with E-state index < -0.39 is 10.0 Å². The number of nitrogens with one attached hydrogen (secondary N) is 1. The molecule has 1 N–H and O–H groups in total. The van der Waals surface area contributed by atoms with Gasteiger partial charge in [0.1, 0.15) is 0 Å². The number of benzene rings is 1. The third-order valence-electron chi connectivity index (χ3n) is 3.17. The lowest BCUT2D eigenvalue weighted by atomic mass is 10.1. The van der Waals surface area contributed by atoms with Gasteiger partial charge in [-0.2, -0.15) is 0 Å². The molecule has 2 rings (SSSR count). The number of hydrogen-bond donors (Lipinski definition) is 1. The largest absolute Gasteiger partial charge is 0.260 e. The van der Waals surface area contributed by atoms with Gasteiger partial charge < -0.3 is 0 Å². The first kappa shape index (κ1) is 16.1. The van der Waals surface area contributed by atoms with Crippen LogP contribution in [0.5, 0.6) is 0 Å².